The van der Waals surface area contributed by atoms with Gasteiger partial charge in [-0.25, -0.2) is 9.78 Å². The molecule has 0 radical (unpaired) electrons. The minimum absolute atomic E-state index is 0.0755. The van der Waals surface area contributed by atoms with E-state index >= 15 is 0 Å². The molecule has 7 heteroatoms. The molecule has 1 aromatic carbocycles. The van der Waals surface area contributed by atoms with Gasteiger partial charge in [-0.05, 0) is 42.1 Å². The predicted octanol–water partition coefficient (Wildman–Crippen LogP) is 4.70. The maximum atomic E-state index is 12.1. The van der Waals surface area contributed by atoms with E-state index in [1.165, 1.54) is 22.7 Å². The van der Waals surface area contributed by atoms with E-state index in [9.17, 15) is 9.59 Å². The lowest BCUT2D eigenvalue weighted by Gasteiger charge is -2.02. The first-order valence-corrected chi connectivity index (χ1v) is 9.77. The minimum atomic E-state index is -0.468. The second kappa shape index (κ2) is 8.73. The van der Waals surface area contributed by atoms with E-state index in [4.69, 9.17) is 9.47 Å². The highest BCUT2D eigenvalue weighted by atomic mass is 32.1. The highest BCUT2D eigenvalue weighted by molar-refractivity contribution is 7.13. The fourth-order valence-corrected chi connectivity index (χ4v) is 3.76. The van der Waals surface area contributed by atoms with Gasteiger partial charge >= 0.3 is 5.97 Å². The Hall–Kier alpha value is -2.51. The fraction of sp³-hybridized carbons (Fsp3) is 0.211. The number of hydrogen-bond acceptors (Lipinski definition) is 7. The summed E-state index contributed by atoms with van der Waals surface area (Å²) in [5, 5.41) is 4.29. The van der Waals surface area contributed by atoms with Crippen molar-refractivity contribution >= 4 is 34.4 Å². The quantitative estimate of drug-likeness (QED) is 0.318. The maximum Gasteiger partial charge on any atom is 0.357 e. The number of thiazole rings is 1. The molecule has 134 valence electrons. The molecule has 0 atom stereocenters. The average molecular weight is 387 g/mol. The monoisotopic (exact) mass is 387 g/mol. The molecule has 0 fully saturated rings. The van der Waals surface area contributed by atoms with E-state index in [1.807, 2.05) is 35.7 Å². The summed E-state index contributed by atoms with van der Waals surface area (Å²) in [7, 11) is 1.61. The number of carbonyl (C=O) groups excluding carboxylic acids is 2. The van der Waals surface area contributed by atoms with E-state index in [1.54, 1.807) is 18.6 Å². The van der Waals surface area contributed by atoms with E-state index in [-0.39, 0.29) is 18.1 Å². The summed E-state index contributed by atoms with van der Waals surface area (Å²) in [5.41, 5.74) is 1.20. The number of hydrogen-bond donors (Lipinski definition) is 0. The van der Waals surface area contributed by atoms with Gasteiger partial charge in [0.15, 0.2) is 11.5 Å². The molecule has 0 amide bonds. The summed E-state index contributed by atoms with van der Waals surface area (Å²) < 4.78 is 10.3. The number of Topliss-reactive ketones (excluding diaryl/α,β-unsaturated/α-hetero) is 1. The van der Waals surface area contributed by atoms with Crippen LogP contribution in [0, 0.1) is 0 Å². The van der Waals surface area contributed by atoms with Crippen LogP contribution >= 0.6 is 22.7 Å². The molecule has 3 rings (SSSR count). The number of aromatic nitrogens is 1. The number of ether oxygens (including phenoxy) is 2. The molecule has 0 saturated carbocycles. The number of rotatable bonds is 8. The summed E-state index contributed by atoms with van der Waals surface area (Å²) in [6.45, 7) is 0.200. The van der Waals surface area contributed by atoms with Crippen LogP contribution in [0.2, 0.25) is 0 Å². The Morgan fingerprint density at radius 1 is 1.12 bits per heavy atom. The molecule has 0 aliphatic rings. The largest absolute Gasteiger partial charge is 0.497 e. The first kappa shape index (κ1) is 18.3. The molecule has 26 heavy (non-hydrogen) atoms. The lowest BCUT2D eigenvalue weighted by Crippen LogP contribution is -2.08. The topological polar surface area (TPSA) is 65.5 Å². The lowest BCUT2D eigenvalue weighted by atomic mass is 10.2. The van der Waals surface area contributed by atoms with Crippen LogP contribution in [0.1, 0.15) is 33.0 Å². The third-order valence-corrected chi connectivity index (χ3v) is 5.43. The summed E-state index contributed by atoms with van der Waals surface area (Å²) in [5.74, 6) is 0.373. The summed E-state index contributed by atoms with van der Waals surface area (Å²) in [4.78, 5) is 29.0. The van der Waals surface area contributed by atoms with Crippen LogP contribution in [-0.2, 0) is 4.74 Å². The van der Waals surface area contributed by atoms with Gasteiger partial charge in [-0.15, -0.1) is 22.7 Å². The highest BCUT2D eigenvalue weighted by Crippen LogP contribution is 2.26. The molecule has 0 unspecified atom stereocenters. The van der Waals surface area contributed by atoms with Crippen LogP contribution in [0.25, 0.3) is 10.6 Å². The van der Waals surface area contributed by atoms with Crippen LogP contribution in [0.3, 0.4) is 0 Å². The molecular weight excluding hydrogens is 370 g/mol. The molecule has 0 aliphatic heterocycles. The Morgan fingerprint density at radius 3 is 2.62 bits per heavy atom. The van der Waals surface area contributed by atoms with E-state index in [0.717, 1.165) is 21.2 Å². The zero-order chi connectivity index (χ0) is 18.4. The smallest absolute Gasteiger partial charge is 0.357 e. The van der Waals surface area contributed by atoms with Gasteiger partial charge in [-0.2, -0.15) is 0 Å². The molecule has 3 aromatic rings. The first-order valence-electron chi connectivity index (χ1n) is 8.01. The van der Waals surface area contributed by atoms with E-state index in [2.05, 4.69) is 4.98 Å². The van der Waals surface area contributed by atoms with Gasteiger partial charge < -0.3 is 9.47 Å². The third-order valence-electron chi connectivity index (χ3n) is 3.63. The van der Waals surface area contributed by atoms with Gasteiger partial charge in [-0.1, -0.05) is 6.07 Å². The first-order chi connectivity index (χ1) is 12.7. The number of ketones is 1. The minimum Gasteiger partial charge on any atom is -0.497 e. The van der Waals surface area contributed by atoms with Gasteiger partial charge in [-0.3, -0.25) is 4.79 Å². The number of carbonyl (C=O) groups is 2. The van der Waals surface area contributed by atoms with Crippen molar-refractivity contribution in [3.05, 3.63) is 57.7 Å². The van der Waals surface area contributed by atoms with Crippen LogP contribution in [0.5, 0.6) is 5.75 Å². The van der Waals surface area contributed by atoms with Gasteiger partial charge in [0.1, 0.15) is 10.8 Å². The summed E-state index contributed by atoms with van der Waals surface area (Å²) >= 11 is 2.80. The lowest BCUT2D eigenvalue weighted by molar-refractivity contribution is 0.0488. The number of esters is 1. The Kier molecular flexibility index (Phi) is 6.14. The molecule has 0 bridgehead atoms. The van der Waals surface area contributed by atoms with Gasteiger partial charge in [0.25, 0.3) is 0 Å². The van der Waals surface area contributed by atoms with E-state index < -0.39 is 5.97 Å². The van der Waals surface area contributed by atoms with Crippen molar-refractivity contribution in [1.29, 1.82) is 0 Å². The molecule has 0 aliphatic carbocycles. The Labute approximate surface area is 159 Å². The van der Waals surface area contributed by atoms with Crippen molar-refractivity contribution in [2.24, 2.45) is 0 Å². The zero-order valence-electron chi connectivity index (χ0n) is 14.1. The second-order valence-corrected chi connectivity index (χ2v) is 7.21. The van der Waals surface area contributed by atoms with Crippen molar-refractivity contribution in [2.75, 3.05) is 13.7 Å². The van der Waals surface area contributed by atoms with Crippen LogP contribution in [0.15, 0.2) is 47.2 Å². The Bertz CT molecular complexity index is 869. The number of thiophene rings is 1. The predicted molar refractivity (Wildman–Crippen MR) is 102 cm³/mol. The zero-order valence-corrected chi connectivity index (χ0v) is 15.8. The highest BCUT2D eigenvalue weighted by Gasteiger charge is 2.14. The Morgan fingerprint density at radius 2 is 1.92 bits per heavy atom. The summed E-state index contributed by atoms with van der Waals surface area (Å²) in [6.07, 6.45) is 0.861. The number of methoxy groups -OCH3 is 1. The molecular formula is C19H17NO4S2. The molecule has 2 heterocycles. The van der Waals surface area contributed by atoms with E-state index in [0.29, 0.717) is 12.8 Å². The van der Waals surface area contributed by atoms with Crippen LogP contribution in [0.4, 0.5) is 0 Å². The van der Waals surface area contributed by atoms with Crippen LogP contribution < -0.4 is 4.74 Å². The molecule has 0 N–H and O–H groups in total. The molecule has 0 spiro atoms. The maximum absolute atomic E-state index is 12.1. The molecule has 5 nitrogen and oxygen atoms in total. The number of nitrogens with zero attached hydrogens (tertiary/aromatic N) is 1. The van der Waals surface area contributed by atoms with Crippen molar-refractivity contribution in [3.8, 4) is 16.3 Å². The standard InChI is InChI=1S/C19H17NO4S2/c1-23-14-8-6-13(7-9-14)18-20-15(12-26-18)19(22)24-10-2-4-16(21)17-5-3-11-25-17/h3,5-9,11-12H,2,4,10H2,1H3. The summed E-state index contributed by atoms with van der Waals surface area (Å²) in [6, 6.07) is 11.1. The second-order valence-electron chi connectivity index (χ2n) is 5.41. The van der Waals surface area contributed by atoms with Crippen molar-refractivity contribution in [3.63, 3.8) is 0 Å². The normalized spacial score (nSPS) is 10.5. The van der Waals surface area contributed by atoms with Crippen molar-refractivity contribution < 1.29 is 19.1 Å². The molecule has 0 saturated heterocycles. The van der Waals surface area contributed by atoms with Gasteiger partial charge in [0, 0.05) is 17.4 Å². The van der Waals surface area contributed by atoms with Gasteiger partial charge in [0.2, 0.25) is 0 Å². The molecule has 2 aromatic heterocycles. The van der Waals surface area contributed by atoms with Crippen molar-refractivity contribution in [1.82, 2.24) is 4.98 Å². The van der Waals surface area contributed by atoms with Crippen LogP contribution in [-0.4, -0.2) is 30.5 Å². The third kappa shape index (κ3) is 4.56. The Balaban J connectivity index is 1.49. The van der Waals surface area contributed by atoms with Gasteiger partial charge in [0.05, 0.1) is 18.6 Å². The van der Waals surface area contributed by atoms with Crippen molar-refractivity contribution in [2.45, 2.75) is 12.8 Å². The SMILES string of the molecule is COc1ccc(-c2nc(C(=O)OCCCC(=O)c3cccs3)cs2)cc1. The number of benzene rings is 1. The average Bonchev–Trinajstić information content (AvgIpc) is 3.37. The fourth-order valence-electron chi connectivity index (χ4n) is 2.27.